The predicted octanol–water partition coefficient (Wildman–Crippen LogP) is 3.88. The van der Waals surface area contributed by atoms with Crippen molar-refractivity contribution in [3.05, 3.63) is 58.8 Å². The van der Waals surface area contributed by atoms with Crippen molar-refractivity contribution in [1.82, 2.24) is 9.88 Å². The third-order valence-corrected chi connectivity index (χ3v) is 4.97. The van der Waals surface area contributed by atoms with E-state index in [1.165, 1.54) is 11.8 Å². The first-order valence-corrected chi connectivity index (χ1v) is 8.74. The van der Waals surface area contributed by atoms with E-state index < -0.39 is 0 Å². The Hall–Kier alpha value is -2.32. The molecule has 0 fully saturated rings. The molecular weight excluding hydrogens is 318 g/mol. The number of carbonyl (C=O) groups excluding carboxylic acids is 1. The molecule has 0 spiro atoms. The summed E-state index contributed by atoms with van der Waals surface area (Å²) in [6.45, 7) is 5.79. The van der Waals surface area contributed by atoms with Crippen LogP contribution >= 0.6 is 11.8 Å². The number of thioether (sulfide) groups is 1. The molecule has 0 radical (unpaired) electrons. The molecule has 24 heavy (non-hydrogen) atoms. The van der Waals surface area contributed by atoms with E-state index in [1.54, 1.807) is 11.9 Å². The molecular formula is C19H21N3OS. The van der Waals surface area contributed by atoms with Crippen molar-refractivity contribution in [3.63, 3.8) is 0 Å². The van der Waals surface area contributed by atoms with E-state index in [1.807, 2.05) is 57.2 Å². The molecule has 0 saturated carbocycles. The summed E-state index contributed by atoms with van der Waals surface area (Å²) in [5.74, 6) is 0.277. The van der Waals surface area contributed by atoms with Crippen molar-refractivity contribution in [3.8, 4) is 6.07 Å². The van der Waals surface area contributed by atoms with Gasteiger partial charge in [-0.1, -0.05) is 42.1 Å². The topological polar surface area (TPSA) is 57.0 Å². The molecule has 0 aliphatic heterocycles. The summed E-state index contributed by atoms with van der Waals surface area (Å²) in [4.78, 5) is 18.6. The van der Waals surface area contributed by atoms with Crippen LogP contribution in [-0.2, 0) is 4.79 Å². The maximum atomic E-state index is 12.5. The third kappa shape index (κ3) is 4.15. The van der Waals surface area contributed by atoms with E-state index in [4.69, 9.17) is 0 Å². The molecule has 1 amide bonds. The fourth-order valence-electron chi connectivity index (χ4n) is 2.45. The molecule has 1 heterocycles. The lowest BCUT2D eigenvalue weighted by molar-refractivity contribution is -0.128. The Labute approximate surface area is 147 Å². The smallest absolute Gasteiger partial charge is 0.233 e. The largest absolute Gasteiger partial charge is 0.338 e. The van der Waals surface area contributed by atoms with Crippen molar-refractivity contribution >= 4 is 17.7 Å². The van der Waals surface area contributed by atoms with Crippen molar-refractivity contribution in [1.29, 1.82) is 5.26 Å². The third-order valence-electron chi connectivity index (χ3n) is 4.01. The van der Waals surface area contributed by atoms with Gasteiger partial charge in [-0.3, -0.25) is 4.79 Å². The molecule has 4 nitrogen and oxygen atoms in total. The van der Waals surface area contributed by atoms with E-state index in [0.717, 1.165) is 16.8 Å². The minimum absolute atomic E-state index is 0.00180. The van der Waals surface area contributed by atoms with Crippen LogP contribution < -0.4 is 0 Å². The monoisotopic (exact) mass is 339 g/mol. The molecule has 0 N–H and O–H groups in total. The molecule has 5 heteroatoms. The number of rotatable bonds is 5. The van der Waals surface area contributed by atoms with Crippen LogP contribution in [-0.4, -0.2) is 28.6 Å². The lowest BCUT2D eigenvalue weighted by Crippen LogP contribution is -2.31. The highest BCUT2D eigenvalue weighted by Crippen LogP contribution is 2.25. The highest BCUT2D eigenvalue weighted by molar-refractivity contribution is 8.00. The number of pyridine rings is 1. The summed E-state index contributed by atoms with van der Waals surface area (Å²) in [5.41, 5.74) is 3.40. The highest BCUT2D eigenvalue weighted by Gasteiger charge is 2.18. The average molecular weight is 339 g/mol. The molecule has 2 rings (SSSR count). The summed E-state index contributed by atoms with van der Waals surface area (Å²) in [6.07, 6.45) is 0. The van der Waals surface area contributed by atoms with Gasteiger partial charge in [-0.2, -0.15) is 5.26 Å². The van der Waals surface area contributed by atoms with Gasteiger partial charge in [0.15, 0.2) is 0 Å². The number of hydrogen-bond acceptors (Lipinski definition) is 4. The Morgan fingerprint density at radius 1 is 1.33 bits per heavy atom. The lowest BCUT2D eigenvalue weighted by Gasteiger charge is -2.25. The maximum Gasteiger partial charge on any atom is 0.233 e. The van der Waals surface area contributed by atoms with Gasteiger partial charge in [0.25, 0.3) is 0 Å². The molecule has 124 valence electrons. The van der Waals surface area contributed by atoms with Crippen molar-refractivity contribution < 1.29 is 4.79 Å². The Balaban J connectivity index is 2.07. The molecule has 1 aromatic heterocycles. The molecule has 1 aromatic carbocycles. The zero-order valence-corrected chi connectivity index (χ0v) is 15.2. The van der Waals surface area contributed by atoms with Gasteiger partial charge in [-0.05, 0) is 38.0 Å². The number of aromatic nitrogens is 1. The van der Waals surface area contributed by atoms with Crippen molar-refractivity contribution in [2.75, 3.05) is 12.8 Å². The number of benzene rings is 1. The van der Waals surface area contributed by atoms with E-state index in [2.05, 4.69) is 11.1 Å². The summed E-state index contributed by atoms with van der Waals surface area (Å²) < 4.78 is 0. The fraction of sp³-hybridized carbons (Fsp3) is 0.316. The van der Waals surface area contributed by atoms with E-state index in [-0.39, 0.29) is 17.7 Å². The Morgan fingerprint density at radius 2 is 2.00 bits per heavy atom. The Bertz CT molecular complexity index is 768. The number of aryl methyl sites for hydroxylation is 2. The Morgan fingerprint density at radius 3 is 2.62 bits per heavy atom. The van der Waals surface area contributed by atoms with Gasteiger partial charge in [0.1, 0.15) is 11.1 Å². The van der Waals surface area contributed by atoms with Crippen LogP contribution in [0, 0.1) is 25.2 Å². The summed E-state index contributed by atoms with van der Waals surface area (Å²) in [6, 6.07) is 14.0. The van der Waals surface area contributed by atoms with Crippen molar-refractivity contribution in [2.45, 2.75) is 31.8 Å². The Kier molecular flexibility index (Phi) is 5.99. The minimum atomic E-state index is 0.00180. The van der Waals surface area contributed by atoms with Crippen LogP contribution in [0.15, 0.2) is 41.4 Å². The number of nitriles is 1. The zero-order chi connectivity index (χ0) is 17.7. The predicted molar refractivity (Wildman–Crippen MR) is 96.8 cm³/mol. The summed E-state index contributed by atoms with van der Waals surface area (Å²) in [7, 11) is 1.81. The number of hydrogen-bond donors (Lipinski definition) is 0. The summed E-state index contributed by atoms with van der Waals surface area (Å²) in [5, 5.41) is 9.93. The molecule has 2 aromatic rings. The number of nitrogens with zero attached hydrogens (tertiary/aromatic N) is 3. The normalized spacial score (nSPS) is 11.6. The minimum Gasteiger partial charge on any atom is -0.338 e. The summed E-state index contributed by atoms with van der Waals surface area (Å²) >= 11 is 1.32. The second-order valence-electron chi connectivity index (χ2n) is 5.75. The fourth-order valence-corrected chi connectivity index (χ4v) is 3.47. The number of carbonyl (C=O) groups is 1. The SMILES string of the molecule is Cc1cc(C)c(C#N)c(SCC(=O)N(C)[C@@H](C)c2ccccc2)n1. The van der Waals surface area contributed by atoms with E-state index in [9.17, 15) is 10.1 Å². The van der Waals surface area contributed by atoms with E-state index in [0.29, 0.717) is 10.6 Å². The van der Waals surface area contributed by atoms with Gasteiger partial charge >= 0.3 is 0 Å². The molecule has 1 atom stereocenters. The van der Waals surface area contributed by atoms with Gasteiger partial charge in [-0.25, -0.2) is 4.98 Å². The second-order valence-corrected chi connectivity index (χ2v) is 6.72. The first kappa shape index (κ1) is 18.0. The second kappa shape index (κ2) is 7.98. The highest BCUT2D eigenvalue weighted by atomic mass is 32.2. The van der Waals surface area contributed by atoms with Crippen LogP contribution in [0.4, 0.5) is 0 Å². The standard InChI is InChI=1S/C19H21N3OS/c1-13-10-14(2)21-19(17(13)11-20)24-12-18(23)22(4)15(3)16-8-6-5-7-9-16/h5-10,15H,12H2,1-4H3/t15-/m0/s1. The quantitative estimate of drug-likeness (QED) is 0.776. The zero-order valence-electron chi connectivity index (χ0n) is 14.4. The molecule has 0 bridgehead atoms. The van der Waals surface area contributed by atoms with Crippen LogP contribution in [0.2, 0.25) is 0 Å². The van der Waals surface area contributed by atoms with Gasteiger partial charge in [-0.15, -0.1) is 0 Å². The molecule has 0 saturated heterocycles. The first-order chi connectivity index (χ1) is 11.4. The van der Waals surface area contributed by atoms with Gasteiger partial charge in [0.05, 0.1) is 17.4 Å². The molecule has 0 aliphatic carbocycles. The van der Waals surface area contributed by atoms with Crippen LogP contribution in [0.3, 0.4) is 0 Å². The van der Waals surface area contributed by atoms with Crippen LogP contribution in [0.25, 0.3) is 0 Å². The van der Waals surface area contributed by atoms with E-state index >= 15 is 0 Å². The molecule has 0 aliphatic rings. The maximum absolute atomic E-state index is 12.5. The number of amides is 1. The van der Waals surface area contributed by atoms with Gasteiger partial charge in [0, 0.05) is 12.7 Å². The lowest BCUT2D eigenvalue weighted by atomic mass is 10.1. The van der Waals surface area contributed by atoms with Gasteiger partial charge in [0.2, 0.25) is 5.91 Å². The molecule has 0 unspecified atom stereocenters. The van der Waals surface area contributed by atoms with Gasteiger partial charge < -0.3 is 4.90 Å². The van der Waals surface area contributed by atoms with Crippen LogP contribution in [0.5, 0.6) is 0 Å². The average Bonchev–Trinajstić information content (AvgIpc) is 2.58. The van der Waals surface area contributed by atoms with Crippen LogP contribution in [0.1, 0.15) is 35.3 Å². The van der Waals surface area contributed by atoms with Crippen molar-refractivity contribution in [2.24, 2.45) is 0 Å². The first-order valence-electron chi connectivity index (χ1n) is 7.75.